The molecule has 0 heterocycles. The molecule has 0 bridgehead atoms. The molecule has 0 atom stereocenters. The van der Waals surface area contributed by atoms with Crippen LogP contribution >= 0.6 is 11.6 Å². The van der Waals surface area contributed by atoms with Crippen molar-refractivity contribution >= 4 is 17.3 Å². The first-order valence-electron chi connectivity index (χ1n) is 6.60. The second-order valence-electron chi connectivity index (χ2n) is 6.12. The molecule has 2 rings (SSSR count). The SMILES string of the molecule is Cc1cc(N)c(Cl)cc1OC1CCC(C)(C)CC1. The van der Waals surface area contributed by atoms with Crippen molar-refractivity contribution in [2.75, 3.05) is 5.73 Å². The van der Waals surface area contributed by atoms with Gasteiger partial charge in [0.25, 0.3) is 0 Å². The molecule has 0 aromatic heterocycles. The normalized spacial score (nSPS) is 19.8. The highest BCUT2D eigenvalue weighted by Gasteiger charge is 2.28. The van der Waals surface area contributed by atoms with Crippen LogP contribution in [0.5, 0.6) is 5.75 Å². The van der Waals surface area contributed by atoms with E-state index >= 15 is 0 Å². The standard InChI is InChI=1S/C15H22ClNO/c1-10-8-13(17)12(16)9-14(10)18-11-4-6-15(2,3)7-5-11/h8-9,11H,4-7,17H2,1-3H3. The smallest absolute Gasteiger partial charge is 0.124 e. The lowest BCUT2D eigenvalue weighted by molar-refractivity contribution is 0.0982. The van der Waals surface area contributed by atoms with E-state index in [0.717, 1.165) is 24.2 Å². The van der Waals surface area contributed by atoms with Gasteiger partial charge in [0.1, 0.15) is 5.75 Å². The fraction of sp³-hybridized carbons (Fsp3) is 0.600. The summed E-state index contributed by atoms with van der Waals surface area (Å²) >= 11 is 6.04. The van der Waals surface area contributed by atoms with Crippen molar-refractivity contribution in [3.63, 3.8) is 0 Å². The predicted molar refractivity (Wildman–Crippen MR) is 77.3 cm³/mol. The van der Waals surface area contributed by atoms with Crippen molar-refractivity contribution < 1.29 is 4.74 Å². The van der Waals surface area contributed by atoms with Crippen LogP contribution in [0.15, 0.2) is 12.1 Å². The van der Waals surface area contributed by atoms with Gasteiger partial charge in [-0.3, -0.25) is 0 Å². The van der Waals surface area contributed by atoms with E-state index in [1.165, 1.54) is 12.8 Å². The number of halogens is 1. The molecular weight excluding hydrogens is 246 g/mol. The number of benzene rings is 1. The summed E-state index contributed by atoms with van der Waals surface area (Å²) < 4.78 is 6.08. The van der Waals surface area contributed by atoms with Crippen LogP contribution in [-0.4, -0.2) is 6.10 Å². The van der Waals surface area contributed by atoms with Gasteiger partial charge in [0, 0.05) is 6.07 Å². The molecule has 0 unspecified atom stereocenters. The Balaban J connectivity index is 2.04. The zero-order valence-corrected chi connectivity index (χ0v) is 12.2. The number of nitrogen functional groups attached to an aromatic ring is 1. The summed E-state index contributed by atoms with van der Waals surface area (Å²) in [4.78, 5) is 0. The minimum atomic E-state index is 0.316. The number of nitrogens with two attached hydrogens (primary N) is 1. The van der Waals surface area contributed by atoms with Gasteiger partial charge in [-0.05, 0) is 49.7 Å². The molecule has 1 aromatic rings. The average Bonchev–Trinajstić information content (AvgIpc) is 2.28. The highest BCUT2D eigenvalue weighted by atomic mass is 35.5. The van der Waals surface area contributed by atoms with Gasteiger partial charge < -0.3 is 10.5 Å². The molecule has 0 radical (unpaired) electrons. The molecule has 2 N–H and O–H groups in total. The third-order valence-corrected chi connectivity index (χ3v) is 4.20. The van der Waals surface area contributed by atoms with Crippen LogP contribution in [0.2, 0.25) is 5.02 Å². The summed E-state index contributed by atoms with van der Waals surface area (Å²) in [7, 11) is 0. The molecule has 0 aliphatic heterocycles. The number of rotatable bonds is 2. The Labute approximate surface area is 114 Å². The fourth-order valence-corrected chi connectivity index (χ4v) is 2.64. The molecule has 1 aliphatic rings. The Hall–Kier alpha value is -0.890. The number of aryl methyl sites for hydroxylation is 1. The predicted octanol–water partition coefficient (Wildman–Crippen LogP) is 4.58. The van der Waals surface area contributed by atoms with Crippen molar-refractivity contribution in [3.05, 3.63) is 22.7 Å². The van der Waals surface area contributed by atoms with Gasteiger partial charge in [-0.1, -0.05) is 25.4 Å². The molecule has 0 spiro atoms. The van der Waals surface area contributed by atoms with Gasteiger partial charge >= 0.3 is 0 Å². The van der Waals surface area contributed by atoms with Gasteiger partial charge in [0.2, 0.25) is 0 Å². The number of hydrogen-bond donors (Lipinski definition) is 1. The quantitative estimate of drug-likeness (QED) is 0.796. The molecule has 2 nitrogen and oxygen atoms in total. The minimum Gasteiger partial charge on any atom is -0.490 e. The summed E-state index contributed by atoms with van der Waals surface area (Å²) in [5.74, 6) is 0.874. The molecule has 1 aromatic carbocycles. The van der Waals surface area contributed by atoms with Crippen molar-refractivity contribution in [1.82, 2.24) is 0 Å². The van der Waals surface area contributed by atoms with E-state index in [4.69, 9.17) is 22.1 Å². The number of anilines is 1. The largest absolute Gasteiger partial charge is 0.490 e. The molecule has 100 valence electrons. The summed E-state index contributed by atoms with van der Waals surface area (Å²) in [6.07, 6.45) is 5.00. The Morgan fingerprint density at radius 1 is 1.28 bits per heavy atom. The van der Waals surface area contributed by atoms with Crippen molar-refractivity contribution in [2.45, 2.75) is 52.6 Å². The topological polar surface area (TPSA) is 35.2 Å². The molecular formula is C15H22ClNO. The van der Waals surface area contributed by atoms with Crippen LogP contribution in [0.25, 0.3) is 0 Å². The molecule has 18 heavy (non-hydrogen) atoms. The molecule has 1 aliphatic carbocycles. The second-order valence-corrected chi connectivity index (χ2v) is 6.53. The van der Waals surface area contributed by atoms with Crippen LogP contribution in [0.3, 0.4) is 0 Å². The maximum Gasteiger partial charge on any atom is 0.124 e. The summed E-state index contributed by atoms with van der Waals surface area (Å²) in [6.45, 7) is 6.66. The van der Waals surface area contributed by atoms with E-state index in [9.17, 15) is 0 Å². The third-order valence-electron chi connectivity index (χ3n) is 3.87. The zero-order valence-electron chi connectivity index (χ0n) is 11.4. The first kappa shape index (κ1) is 13.5. The van der Waals surface area contributed by atoms with Crippen LogP contribution in [0, 0.1) is 12.3 Å². The Bertz CT molecular complexity index is 432. The number of ether oxygens (including phenoxy) is 1. The summed E-state index contributed by atoms with van der Waals surface area (Å²) in [5, 5.41) is 0.576. The molecule has 1 saturated carbocycles. The third kappa shape index (κ3) is 3.11. The van der Waals surface area contributed by atoms with Gasteiger partial charge in [-0.25, -0.2) is 0 Å². The molecule has 0 amide bonds. The van der Waals surface area contributed by atoms with Crippen LogP contribution in [-0.2, 0) is 0 Å². The van der Waals surface area contributed by atoms with E-state index in [2.05, 4.69) is 13.8 Å². The zero-order chi connectivity index (χ0) is 13.3. The monoisotopic (exact) mass is 267 g/mol. The second kappa shape index (κ2) is 5.00. The fourth-order valence-electron chi connectivity index (χ4n) is 2.48. The first-order valence-corrected chi connectivity index (χ1v) is 6.97. The molecule has 3 heteroatoms. The van der Waals surface area contributed by atoms with Crippen molar-refractivity contribution in [1.29, 1.82) is 0 Å². The maximum absolute atomic E-state index is 6.08. The highest BCUT2D eigenvalue weighted by molar-refractivity contribution is 6.33. The van der Waals surface area contributed by atoms with Crippen LogP contribution < -0.4 is 10.5 Å². The molecule has 0 saturated heterocycles. The van der Waals surface area contributed by atoms with Gasteiger partial charge in [-0.15, -0.1) is 0 Å². The number of hydrogen-bond acceptors (Lipinski definition) is 2. The highest BCUT2D eigenvalue weighted by Crippen LogP contribution is 2.37. The van der Waals surface area contributed by atoms with Gasteiger partial charge in [0.05, 0.1) is 16.8 Å². The van der Waals surface area contributed by atoms with E-state index in [-0.39, 0.29) is 0 Å². The Kier molecular flexibility index (Phi) is 3.76. The lowest BCUT2D eigenvalue weighted by Crippen LogP contribution is -2.28. The van der Waals surface area contributed by atoms with E-state index in [0.29, 0.717) is 22.2 Å². The Morgan fingerprint density at radius 2 is 1.89 bits per heavy atom. The molecule has 1 fully saturated rings. The maximum atomic E-state index is 6.08. The summed E-state index contributed by atoms with van der Waals surface area (Å²) in [5.41, 5.74) is 7.91. The minimum absolute atomic E-state index is 0.316. The lowest BCUT2D eigenvalue weighted by Gasteiger charge is -2.34. The van der Waals surface area contributed by atoms with Crippen molar-refractivity contribution in [2.24, 2.45) is 5.41 Å². The van der Waals surface area contributed by atoms with Crippen LogP contribution in [0.1, 0.15) is 45.1 Å². The van der Waals surface area contributed by atoms with E-state index < -0.39 is 0 Å². The van der Waals surface area contributed by atoms with E-state index in [1.807, 2.05) is 19.1 Å². The van der Waals surface area contributed by atoms with Gasteiger partial charge in [0.15, 0.2) is 0 Å². The van der Waals surface area contributed by atoms with E-state index in [1.54, 1.807) is 0 Å². The lowest BCUT2D eigenvalue weighted by atomic mass is 9.76. The van der Waals surface area contributed by atoms with Crippen molar-refractivity contribution in [3.8, 4) is 5.75 Å². The van der Waals surface area contributed by atoms with Gasteiger partial charge in [-0.2, -0.15) is 0 Å². The van der Waals surface area contributed by atoms with Crippen LogP contribution in [0.4, 0.5) is 5.69 Å². The average molecular weight is 268 g/mol. The first-order chi connectivity index (χ1) is 8.37. The Morgan fingerprint density at radius 3 is 2.50 bits per heavy atom. The summed E-state index contributed by atoms with van der Waals surface area (Å²) in [6, 6.07) is 3.72.